The Morgan fingerprint density at radius 3 is 2.27 bits per heavy atom. The van der Waals surface area contributed by atoms with Crippen LogP contribution in [0.2, 0.25) is 10.0 Å². The van der Waals surface area contributed by atoms with Crippen LogP contribution in [-0.2, 0) is 20.6 Å². The number of imidazole rings is 1. The zero-order valence-corrected chi connectivity index (χ0v) is 22.6. The first-order valence-corrected chi connectivity index (χ1v) is 12.9. The van der Waals surface area contributed by atoms with Crippen LogP contribution in [-0.4, -0.2) is 54.9 Å². The Morgan fingerprint density at radius 2 is 1.59 bits per heavy atom. The van der Waals surface area contributed by atoms with Gasteiger partial charge in [-0.1, -0.05) is 53.5 Å². The average molecular weight is 558 g/mol. The van der Waals surface area contributed by atoms with Crippen molar-refractivity contribution < 1.29 is 0 Å². The average Bonchev–Trinajstić information content (AvgIpc) is 3.28. The third kappa shape index (κ3) is 4.72. The van der Waals surface area contributed by atoms with Gasteiger partial charge in [0.1, 0.15) is 0 Å². The fourth-order valence-corrected chi connectivity index (χ4v) is 5.16. The van der Waals surface area contributed by atoms with Crippen molar-refractivity contribution in [1.82, 2.24) is 23.6 Å². The minimum Gasteiger partial charge on any atom is -0.345 e. The van der Waals surface area contributed by atoms with Gasteiger partial charge in [-0.3, -0.25) is 18.5 Å². The molecule has 192 valence electrons. The predicted molar refractivity (Wildman–Crippen MR) is 152 cm³/mol. The number of piperazine rings is 1. The van der Waals surface area contributed by atoms with E-state index in [-0.39, 0.29) is 0 Å². The van der Waals surface area contributed by atoms with Crippen molar-refractivity contribution >= 4 is 63.3 Å². The Kier molecular flexibility index (Phi) is 6.98. The van der Waals surface area contributed by atoms with Crippen LogP contribution in [0, 0.1) is 0 Å². The van der Waals surface area contributed by atoms with Gasteiger partial charge in [0.25, 0.3) is 5.56 Å². The second-order valence-electron chi connectivity index (χ2n) is 8.85. The number of para-hydroxylation sites is 1. The van der Waals surface area contributed by atoms with Gasteiger partial charge in [0, 0.05) is 45.3 Å². The summed E-state index contributed by atoms with van der Waals surface area (Å²) >= 11 is 18.4. The number of aryl methyl sites for hydroxylation is 1. The van der Waals surface area contributed by atoms with Gasteiger partial charge in [-0.25, -0.2) is 4.79 Å². The molecule has 1 aliphatic heterocycles. The molecule has 0 bridgehead atoms. The molecule has 9 nitrogen and oxygen atoms in total. The largest absolute Gasteiger partial charge is 0.345 e. The summed E-state index contributed by atoms with van der Waals surface area (Å²) < 4.78 is 4.37. The molecule has 4 aromatic rings. The van der Waals surface area contributed by atoms with Crippen LogP contribution < -0.4 is 21.5 Å². The van der Waals surface area contributed by atoms with Gasteiger partial charge in [0.2, 0.25) is 5.95 Å². The maximum absolute atomic E-state index is 13.2. The van der Waals surface area contributed by atoms with Crippen molar-refractivity contribution in [2.45, 2.75) is 6.54 Å². The van der Waals surface area contributed by atoms with E-state index < -0.39 is 11.2 Å². The molecule has 0 amide bonds. The van der Waals surface area contributed by atoms with Crippen LogP contribution in [0.4, 0.5) is 11.6 Å². The van der Waals surface area contributed by atoms with Crippen molar-refractivity contribution in [3.05, 3.63) is 85.0 Å². The molecule has 0 spiro atoms. The van der Waals surface area contributed by atoms with Crippen LogP contribution in [0.3, 0.4) is 0 Å². The summed E-state index contributed by atoms with van der Waals surface area (Å²) in [5, 5.41) is 5.01. The summed E-state index contributed by atoms with van der Waals surface area (Å²) in [6.45, 7) is 2.85. The van der Waals surface area contributed by atoms with Crippen LogP contribution in [0.15, 0.2) is 58.1 Å². The zero-order valence-electron chi connectivity index (χ0n) is 20.3. The maximum Gasteiger partial charge on any atom is 0.332 e. The number of nitrogens with zero attached hydrogens (tertiary/aromatic N) is 6. The molecule has 0 atom stereocenters. The quantitative estimate of drug-likeness (QED) is 0.385. The van der Waals surface area contributed by atoms with Gasteiger partial charge in [-0.2, -0.15) is 4.98 Å². The fourth-order valence-electron chi connectivity index (χ4n) is 4.49. The molecule has 0 unspecified atom stereocenters. The second-order valence-corrected chi connectivity index (χ2v) is 10.1. The summed E-state index contributed by atoms with van der Waals surface area (Å²) in [6, 6.07) is 15.0. The Morgan fingerprint density at radius 1 is 0.946 bits per heavy atom. The van der Waals surface area contributed by atoms with Crippen molar-refractivity contribution in [2.75, 3.05) is 36.4 Å². The molecule has 0 radical (unpaired) electrons. The highest BCUT2D eigenvalue weighted by Crippen LogP contribution is 2.26. The summed E-state index contributed by atoms with van der Waals surface area (Å²) in [6.07, 6.45) is 0. The summed E-state index contributed by atoms with van der Waals surface area (Å²) in [5.41, 5.74) is 1.49. The first kappa shape index (κ1) is 25.3. The molecule has 37 heavy (non-hydrogen) atoms. The molecule has 12 heteroatoms. The first-order valence-electron chi connectivity index (χ1n) is 11.7. The molecule has 2 aromatic carbocycles. The van der Waals surface area contributed by atoms with Crippen molar-refractivity contribution in [3.8, 4) is 0 Å². The highest BCUT2D eigenvalue weighted by Gasteiger charge is 2.27. The topological polar surface area (TPSA) is 80.3 Å². The van der Waals surface area contributed by atoms with E-state index >= 15 is 0 Å². The standard InChI is InChI=1S/C25H25Cl2N7O2S/c1-30-21-20(22(35)31(2)25(30)36)34(15-16-7-3-4-8-17(16)26)23(29-21)32-11-13-33(14-12-32)24(37)28-19-10-6-5-9-18(19)27/h3-10H,11-15H2,1-2H3,(H,28,37). The normalized spacial score (nSPS) is 13.8. The highest BCUT2D eigenvalue weighted by atomic mass is 35.5. The predicted octanol–water partition coefficient (Wildman–Crippen LogP) is 3.31. The van der Waals surface area contributed by atoms with Gasteiger partial charge in [-0.05, 0) is 36.0 Å². The lowest BCUT2D eigenvalue weighted by Crippen LogP contribution is -2.50. The molecule has 0 aliphatic carbocycles. The Balaban J connectivity index is 1.47. The molecule has 1 fully saturated rings. The third-order valence-electron chi connectivity index (χ3n) is 6.58. The number of benzene rings is 2. The van der Waals surface area contributed by atoms with E-state index in [1.165, 1.54) is 11.6 Å². The third-order valence-corrected chi connectivity index (χ3v) is 7.64. The monoisotopic (exact) mass is 557 g/mol. The Bertz CT molecular complexity index is 1620. The van der Waals surface area contributed by atoms with E-state index in [2.05, 4.69) is 15.1 Å². The number of rotatable bonds is 4. The molecular weight excluding hydrogens is 533 g/mol. The molecule has 5 rings (SSSR count). The van der Waals surface area contributed by atoms with Crippen molar-refractivity contribution in [2.24, 2.45) is 14.1 Å². The number of halogens is 2. The lowest BCUT2D eigenvalue weighted by atomic mass is 10.2. The number of hydrogen-bond acceptors (Lipinski definition) is 5. The van der Waals surface area contributed by atoms with Gasteiger partial charge >= 0.3 is 5.69 Å². The number of aromatic nitrogens is 4. The molecule has 0 saturated carbocycles. The van der Waals surface area contributed by atoms with E-state index in [0.29, 0.717) is 65.0 Å². The Hall–Kier alpha value is -3.34. The van der Waals surface area contributed by atoms with E-state index in [1.807, 2.05) is 53.1 Å². The van der Waals surface area contributed by atoms with Crippen LogP contribution in [0.25, 0.3) is 11.2 Å². The van der Waals surface area contributed by atoms with Gasteiger partial charge in [0.15, 0.2) is 16.3 Å². The number of nitrogens with one attached hydrogen (secondary N) is 1. The molecule has 1 N–H and O–H groups in total. The highest BCUT2D eigenvalue weighted by molar-refractivity contribution is 7.80. The maximum atomic E-state index is 13.2. The Labute approximate surface area is 228 Å². The molecular formula is C25H25Cl2N7O2S. The zero-order chi connectivity index (χ0) is 26.3. The first-order chi connectivity index (χ1) is 17.8. The second kappa shape index (κ2) is 10.2. The number of thiocarbonyl (C=S) groups is 1. The minimum atomic E-state index is -0.424. The van der Waals surface area contributed by atoms with E-state index in [4.69, 9.17) is 40.4 Å². The lowest BCUT2D eigenvalue weighted by Gasteiger charge is -2.37. The van der Waals surface area contributed by atoms with Gasteiger partial charge in [-0.15, -0.1) is 0 Å². The number of anilines is 2. The smallest absolute Gasteiger partial charge is 0.332 e. The number of hydrogen-bond donors (Lipinski definition) is 1. The SMILES string of the molecule is Cn1c(=O)c2c(nc(N3CCN(C(=S)Nc4ccccc4Cl)CC3)n2Cc2ccccc2Cl)n(C)c1=O. The van der Waals surface area contributed by atoms with Gasteiger partial charge < -0.3 is 15.1 Å². The lowest BCUT2D eigenvalue weighted by molar-refractivity contribution is 0.386. The van der Waals surface area contributed by atoms with E-state index in [0.717, 1.165) is 15.8 Å². The van der Waals surface area contributed by atoms with E-state index in [9.17, 15) is 9.59 Å². The van der Waals surface area contributed by atoms with Crippen molar-refractivity contribution in [3.63, 3.8) is 0 Å². The van der Waals surface area contributed by atoms with Crippen LogP contribution >= 0.6 is 35.4 Å². The molecule has 2 aromatic heterocycles. The molecule has 1 saturated heterocycles. The summed E-state index contributed by atoms with van der Waals surface area (Å²) in [7, 11) is 3.10. The van der Waals surface area contributed by atoms with Crippen LogP contribution in [0.5, 0.6) is 0 Å². The fraction of sp³-hybridized carbons (Fsp3) is 0.280. The number of fused-ring (bicyclic) bond motifs is 1. The summed E-state index contributed by atoms with van der Waals surface area (Å²) in [4.78, 5) is 34.8. The van der Waals surface area contributed by atoms with Crippen LogP contribution in [0.1, 0.15) is 5.56 Å². The molecule has 1 aliphatic rings. The molecule has 3 heterocycles. The van der Waals surface area contributed by atoms with Crippen molar-refractivity contribution in [1.29, 1.82) is 0 Å². The van der Waals surface area contributed by atoms with E-state index in [1.54, 1.807) is 7.05 Å². The minimum absolute atomic E-state index is 0.339. The summed E-state index contributed by atoms with van der Waals surface area (Å²) in [5.74, 6) is 0.609. The van der Waals surface area contributed by atoms with Gasteiger partial charge in [0.05, 0.1) is 17.3 Å².